The smallest absolute Gasteiger partial charge is 0.258 e. The van der Waals surface area contributed by atoms with Crippen molar-refractivity contribution in [2.45, 2.75) is 0 Å². The van der Waals surface area contributed by atoms with Gasteiger partial charge in [0.05, 0.1) is 15.3 Å². The van der Waals surface area contributed by atoms with Crippen LogP contribution in [0.2, 0.25) is 5.02 Å². The van der Waals surface area contributed by atoms with Crippen LogP contribution in [0, 0.1) is 10.1 Å². The predicted molar refractivity (Wildman–Crippen MR) is 76.7 cm³/mol. The van der Waals surface area contributed by atoms with E-state index in [1.54, 1.807) is 24.3 Å². The van der Waals surface area contributed by atoms with Crippen molar-refractivity contribution in [2.24, 2.45) is 0 Å². The molecular formula is C13H7ClN2O2S. The summed E-state index contributed by atoms with van der Waals surface area (Å²) in [5.74, 6) is 0. The normalized spacial score (nSPS) is 10.8. The molecule has 0 unspecified atom stereocenters. The Balaban J connectivity index is 2.21. The molecule has 0 fully saturated rings. The van der Waals surface area contributed by atoms with Crippen molar-refractivity contribution < 1.29 is 4.92 Å². The second kappa shape index (κ2) is 4.60. The first-order valence-corrected chi connectivity index (χ1v) is 6.60. The average Bonchev–Trinajstić information content (AvgIpc) is 2.82. The highest BCUT2D eigenvalue weighted by Crippen LogP contribution is 2.33. The monoisotopic (exact) mass is 290 g/mol. The fourth-order valence-electron chi connectivity index (χ4n) is 1.86. The lowest BCUT2D eigenvalue weighted by molar-refractivity contribution is -0.384. The fraction of sp³-hybridized carbons (Fsp3) is 0. The van der Waals surface area contributed by atoms with Crippen molar-refractivity contribution in [3.05, 3.63) is 57.6 Å². The van der Waals surface area contributed by atoms with Gasteiger partial charge in [0.2, 0.25) is 0 Å². The molecule has 0 N–H and O–H groups in total. The van der Waals surface area contributed by atoms with Crippen LogP contribution in [-0.4, -0.2) is 9.30 Å². The van der Waals surface area contributed by atoms with Gasteiger partial charge in [-0.05, 0) is 29.7 Å². The maximum absolute atomic E-state index is 10.8. The summed E-state index contributed by atoms with van der Waals surface area (Å²) in [6, 6.07) is 12.0. The molecule has 0 saturated carbocycles. The zero-order chi connectivity index (χ0) is 13.4. The SMILES string of the molecule is O=[N+]([O-])c1ccc2snc(-c3ccc(Cl)cc3)c2c1. The third kappa shape index (κ3) is 2.18. The Morgan fingerprint density at radius 2 is 1.89 bits per heavy atom. The van der Waals surface area contributed by atoms with Crippen molar-refractivity contribution in [1.29, 1.82) is 0 Å². The Bertz CT molecular complexity index is 768. The predicted octanol–water partition coefficient (Wildman–Crippen LogP) is 4.52. The highest BCUT2D eigenvalue weighted by atomic mass is 35.5. The van der Waals surface area contributed by atoms with Crippen molar-refractivity contribution >= 4 is 38.9 Å². The number of hydrogen-bond acceptors (Lipinski definition) is 4. The van der Waals surface area contributed by atoms with E-state index in [9.17, 15) is 10.1 Å². The molecule has 0 spiro atoms. The van der Waals surface area contributed by atoms with Crippen LogP contribution in [-0.2, 0) is 0 Å². The van der Waals surface area contributed by atoms with Crippen molar-refractivity contribution in [1.82, 2.24) is 4.37 Å². The van der Waals surface area contributed by atoms with Crippen LogP contribution in [0.5, 0.6) is 0 Å². The Morgan fingerprint density at radius 1 is 1.16 bits per heavy atom. The van der Waals surface area contributed by atoms with E-state index in [0.717, 1.165) is 21.3 Å². The van der Waals surface area contributed by atoms with Crippen LogP contribution in [0.25, 0.3) is 21.3 Å². The molecule has 0 atom stereocenters. The summed E-state index contributed by atoms with van der Waals surface area (Å²) in [6.45, 7) is 0. The van der Waals surface area contributed by atoms with Crippen LogP contribution in [0.3, 0.4) is 0 Å². The highest BCUT2D eigenvalue weighted by molar-refractivity contribution is 7.13. The quantitative estimate of drug-likeness (QED) is 0.515. The van der Waals surface area contributed by atoms with Crippen LogP contribution in [0.15, 0.2) is 42.5 Å². The number of rotatable bonds is 2. The van der Waals surface area contributed by atoms with Crippen molar-refractivity contribution in [3.63, 3.8) is 0 Å². The third-order valence-corrected chi connectivity index (χ3v) is 3.86. The van der Waals surface area contributed by atoms with E-state index in [1.165, 1.54) is 17.6 Å². The maximum Gasteiger partial charge on any atom is 0.270 e. The fourth-order valence-corrected chi connectivity index (χ4v) is 2.76. The van der Waals surface area contributed by atoms with E-state index in [1.807, 2.05) is 12.1 Å². The van der Waals surface area contributed by atoms with Crippen LogP contribution < -0.4 is 0 Å². The molecule has 3 aromatic rings. The standard InChI is InChI=1S/C13H7ClN2O2S/c14-9-3-1-8(2-4-9)13-11-7-10(16(17)18)5-6-12(11)19-15-13/h1-7H. The molecule has 0 radical (unpaired) electrons. The lowest BCUT2D eigenvalue weighted by Crippen LogP contribution is -1.86. The number of benzene rings is 2. The van der Waals surface area contributed by atoms with Gasteiger partial charge in [0.25, 0.3) is 5.69 Å². The third-order valence-electron chi connectivity index (χ3n) is 2.78. The number of hydrogen-bond donors (Lipinski definition) is 0. The summed E-state index contributed by atoms with van der Waals surface area (Å²) in [6.07, 6.45) is 0. The molecule has 3 rings (SSSR count). The zero-order valence-electron chi connectivity index (χ0n) is 9.54. The Morgan fingerprint density at radius 3 is 2.58 bits per heavy atom. The van der Waals surface area contributed by atoms with E-state index in [0.29, 0.717) is 5.02 Å². The van der Waals surface area contributed by atoms with Crippen LogP contribution in [0.4, 0.5) is 5.69 Å². The second-order valence-corrected chi connectivity index (χ2v) is 5.22. The van der Waals surface area contributed by atoms with Gasteiger partial charge in [-0.25, -0.2) is 0 Å². The molecule has 6 heteroatoms. The number of non-ortho nitro benzene ring substituents is 1. The molecule has 94 valence electrons. The van der Waals surface area contributed by atoms with Crippen molar-refractivity contribution in [3.8, 4) is 11.3 Å². The number of nitro benzene ring substituents is 1. The molecule has 0 saturated heterocycles. The molecule has 0 aliphatic rings. The van der Waals surface area contributed by atoms with Crippen molar-refractivity contribution in [2.75, 3.05) is 0 Å². The van der Waals surface area contributed by atoms with E-state index in [2.05, 4.69) is 4.37 Å². The van der Waals surface area contributed by atoms with Gasteiger partial charge in [0.1, 0.15) is 0 Å². The average molecular weight is 291 g/mol. The maximum atomic E-state index is 10.8. The molecule has 1 heterocycles. The Hall–Kier alpha value is -1.98. The molecule has 0 aliphatic heterocycles. The molecule has 1 aromatic heterocycles. The summed E-state index contributed by atoms with van der Waals surface area (Å²) in [7, 11) is 0. The molecular weight excluding hydrogens is 284 g/mol. The minimum absolute atomic E-state index is 0.0721. The molecule has 2 aromatic carbocycles. The number of nitro groups is 1. The minimum Gasteiger partial charge on any atom is -0.258 e. The largest absolute Gasteiger partial charge is 0.270 e. The van der Waals surface area contributed by atoms with Gasteiger partial charge in [-0.2, -0.15) is 4.37 Å². The highest BCUT2D eigenvalue weighted by Gasteiger charge is 2.13. The van der Waals surface area contributed by atoms with Crippen LogP contribution in [0.1, 0.15) is 0 Å². The van der Waals surface area contributed by atoms with Crippen LogP contribution >= 0.6 is 23.1 Å². The number of fused-ring (bicyclic) bond motifs is 1. The van der Waals surface area contributed by atoms with Gasteiger partial charge in [0, 0.05) is 28.1 Å². The van der Waals surface area contributed by atoms with Gasteiger partial charge < -0.3 is 0 Å². The Labute approximate surface area is 117 Å². The zero-order valence-corrected chi connectivity index (χ0v) is 11.1. The molecule has 0 amide bonds. The molecule has 0 bridgehead atoms. The summed E-state index contributed by atoms with van der Waals surface area (Å²) < 4.78 is 5.30. The number of nitrogens with zero attached hydrogens (tertiary/aromatic N) is 2. The lowest BCUT2D eigenvalue weighted by Gasteiger charge is -1.98. The van der Waals surface area contributed by atoms with Gasteiger partial charge in [-0.1, -0.05) is 23.7 Å². The van der Waals surface area contributed by atoms with Gasteiger partial charge in [-0.3, -0.25) is 10.1 Å². The van der Waals surface area contributed by atoms with E-state index >= 15 is 0 Å². The lowest BCUT2D eigenvalue weighted by atomic mass is 10.1. The van der Waals surface area contributed by atoms with Gasteiger partial charge in [-0.15, -0.1) is 0 Å². The molecule has 4 nitrogen and oxygen atoms in total. The number of aromatic nitrogens is 1. The van der Waals surface area contributed by atoms with Gasteiger partial charge in [0.15, 0.2) is 0 Å². The summed E-state index contributed by atoms with van der Waals surface area (Å²) in [5, 5.41) is 12.3. The summed E-state index contributed by atoms with van der Waals surface area (Å²) in [4.78, 5) is 10.4. The van der Waals surface area contributed by atoms with Gasteiger partial charge >= 0.3 is 0 Å². The number of halogens is 1. The minimum atomic E-state index is -0.400. The van der Waals surface area contributed by atoms with E-state index < -0.39 is 4.92 Å². The summed E-state index contributed by atoms with van der Waals surface area (Å²) >= 11 is 7.18. The van der Waals surface area contributed by atoms with E-state index in [-0.39, 0.29) is 5.69 Å². The van der Waals surface area contributed by atoms with E-state index in [4.69, 9.17) is 11.6 Å². The first kappa shape index (κ1) is 12.1. The Kier molecular flexibility index (Phi) is 2.93. The molecule has 19 heavy (non-hydrogen) atoms. The first-order valence-electron chi connectivity index (χ1n) is 5.45. The summed E-state index contributed by atoms with van der Waals surface area (Å²) in [5.41, 5.74) is 1.72. The first-order chi connectivity index (χ1) is 9.15. The topological polar surface area (TPSA) is 56.0 Å². The molecule has 0 aliphatic carbocycles. The second-order valence-electron chi connectivity index (χ2n) is 3.98.